The molecule has 0 spiro atoms. The van der Waals surface area contributed by atoms with Gasteiger partial charge in [-0.05, 0) is 59.7 Å². The summed E-state index contributed by atoms with van der Waals surface area (Å²) in [7, 11) is 0. The van der Waals surface area contributed by atoms with Crippen LogP contribution in [0.1, 0.15) is 0 Å². The SMILES string of the molecule is c1ccc(-c2cc(-c3ccccc3)nc(-c3nc(-n4c5ccccc5c5c6c(ccc54)ccn6-c4ccccc4)nc4ccccc34)c2)cc1. The monoisotopic (exact) mass is 639 g/mol. The normalized spacial score (nSPS) is 11.6. The maximum absolute atomic E-state index is 5.41. The van der Waals surface area contributed by atoms with Gasteiger partial charge in [0.15, 0.2) is 0 Å². The number of pyridine rings is 1. The van der Waals surface area contributed by atoms with Gasteiger partial charge in [-0.2, -0.15) is 0 Å². The van der Waals surface area contributed by atoms with E-state index >= 15 is 0 Å². The molecule has 4 heterocycles. The quantitative estimate of drug-likeness (QED) is 0.188. The van der Waals surface area contributed by atoms with Gasteiger partial charge >= 0.3 is 0 Å². The van der Waals surface area contributed by atoms with Gasteiger partial charge in [0.25, 0.3) is 0 Å². The summed E-state index contributed by atoms with van der Waals surface area (Å²) in [6, 6.07) is 59.1. The summed E-state index contributed by atoms with van der Waals surface area (Å²) in [5, 5.41) is 4.45. The fraction of sp³-hybridized carbons (Fsp3) is 0. The average Bonchev–Trinajstić information content (AvgIpc) is 3.78. The Balaban J connectivity index is 1.27. The van der Waals surface area contributed by atoms with E-state index in [1.165, 1.54) is 10.8 Å². The van der Waals surface area contributed by atoms with Crippen molar-refractivity contribution in [2.45, 2.75) is 0 Å². The Kier molecular flexibility index (Phi) is 6.42. The minimum atomic E-state index is 0.607. The predicted molar refractivity (Wildman–Crippen MR) is 205 cm³/mol. The zero-order valence-corrected chi connectivity index (χ0v) is 27.0. The minimum absolute atomic E-state index is 0.607. The first-order valence-electron chi connectivity index (χ1n) is 16.8. The Hall–Kier alpha value is -6.85. The van der Waals surface area contributed by atoms with Crippen LogP contribution in [0.3, 0.4) is 0 Å². The second kappa shape index (κ2) is 11.4. The van der Waals surface area contributed by atoms with Gasteiger partial charge in [0, 0.05) is 39.0 Å². The van der Waals surface area contributed by atoms with Gasteiger partial charge in [-0.1, -0.05) is 121 Å². The molecule has 0 atom stereocenters. The first kappa shape index (κ1) is 28.2. The van der Waals surface area contributed by atoms with Crippen LogP contribution in [0.15, 0.2) is 176 Å². The number of benzene rings is 6. The molecule has 0 unspecified atom stereocenters. The molecule has 50 heavy (non-hydrogen) atoms. The van der Waals surface area contributed by atoms with Crippen molar-refractivity contribution in [3.63, 3.8) is 0 Å². The van der Waals surface area contributed by atoms with Crippen LogP contribution in [-0.4, -0.2) is 24.1 Å². The van der Waals surface area contributed by atoms with E-state index in [9.17, 15) is 0 Å². The molecule has 0 amide bonds. The predicted octanol–water partition coefficient (Wildman–Crippen LogP) is 11.1. The zero-order chi connectivity index (χ0) is 33.0. The van der Waals surface area contributed by atoms with E-state index in [0.29, 0.717) is 5.95 Å². The van der Waals surface area contributed by atoms with Gasteiger partial charge < -0.3 is 4.57 Å². The molecule has 0 fully saturated rings. The molecule has 0 aliphatic rings. The maximum atomic E-state index is 5.41. The fourth-order valence-electron chi connectivity index (χ4n) is 7.27. The highest BCUT2D eigenvalue weighted by Gasteiger charge is 2.21. The smallest absolute Gasteiger partial charge is 0.235 e. The lowest BCUT2D eigenvalue weighted by Crippen LogP contribution is -2.04. The van der Waals surface area contributed by atoms with Crippen molar-refractivity contribution < 1.29 is 0 Å². The van der Waals surface area contributed by atoms with Crippen LogP contribution in [0.4, 0.5) is 0 Å². The molecular formula is C45H29N5. The van der Waals surface area contributed by atoms with E-state index in [-0.39, 0.29) is 0 Å². The molecule has 234 valence electrons. The van der Waals surface area contributed by atoms with Crippen molar-refractivity contribution in [1.29, 1.82) is 0 Å². The number of nitrogens with zero attached hydrogens (tertiary/aromatic N) is 5. The van der Waals surface area contributed by atoms with E-state index in [4.69, 9.17) is 15.0 Å². The van der Waals surface area contributed by atoms with Gasteiger partial charge in [0.05, 0.1) is 33.5 Å². The highest BCUT2D eigenvalue weighted by atomic mass is 15.2. The topological polar surface area (TPSA) is 48.5 Å². The summed E-state index contributed by atoms with van der Waals surface area (Å²) >= 11 is 0. The second-order valence-electron chi connectivity index (χ2n) is 12.5. The average molecular weight is 640 g/mol. The Labute approximate surface area is 288 Å². The third-order valence-corrected chi connectivity index (χ3v) is 9.56. The molecule has 10 rings (SSSR count). The number of fused-ring (bicyclic) bond motifs is 6. The van der Waals surface area contributed by atoms with Crippen LogP contribution in [0.2, 0.25) is 0 Å². The summed E-state index contributed by atoms with van der Waals surface area (Å²) in [5.41, 5.74) is 11.0. The molecule has 10 aromatic rings. The first-order chi connectivity index (χ1) is 24.8. The van der Waals surface area contributed by atoms with Gasteiger partial charge in [-0.3, -0.25) is 4.57 Å². The second-order valence-corrected chi connectivity index (χ2v) is 12.5. The van der Waals surface area contributed by atoms with Crippen molar-refractivity contribution in [2.24, 2.45) is 0 Å². The van der Waals surface area contributed by atoms with Gasteiger partial charge in [-0.25, -0.2) is 15.0 Å². The number of para-hydroxylation sites is 3. The first-order valence-corrected chi connectivity index (χ1v) is 16.8. The van der Waals surface area contributed by atoms with Gasteiger partial charge in [0.2, 0.25) is 5.95 Å². The molecule has 4 aromatic heterocycles. The van der Waals surface area contributed by atoms with Crippen LogP contribution < -0.4 is 0 Å². The lowest BCUT2D eigenvalue weighted by molar-refractivity contribution is 1.01. The molecule has 0 saturated heterocycles. The van der Waals surface area contributed by atoms with Crippen LogP contribution in [0.5, 0.6) is 0 Å². The van der Waals surface area contributed by atoms with Crippen molar-refractivity contribution in [2.75, 3.05) is 0 Å². The van der Waals surface area contributed by atoms with Gasteiger partial charge in [0.1, 0.15) is 5.69 Å². The van der Waals surface area contributed by atoms with Crippen molar-refractivity contribution >= 4 is 43.6 Å². The molecule has 0 aliphatic carbocycles. The lowest BCUT2D eigenvalue weighted by atomic mass is 10.0. The van der Waals surface area contributed by atoms with E-state index in [2.05, 4.69) is 161 Å². The van der Waals surface area contributed by atoms with Crippen LogP contribution in [-0.2, 0) is 0 Å². The third kappa shape index (κ3) is 4.52. The number of rotatable bonds is 5. The number of hydrogen-bond acceptors (Lipinski definition) is 3. The van der Waals surface area contributed by atoms with Crippen LogP contribution >= 0.6 is 0 Å². The van der Waals surface area contributed by atoms with Crippen LogP contribution in [0.25, 0.3) is 89.0 Å². The summed E-state index contributed by atoms with van der Waals surface area (Å²) < 4.78 is 4.49. The molecule has 0 saturated carbocycles. The van der Waals surface area contributed by atoms with E-state index in [1.807, 2.05) is 24.3 Å². The third-order valence-electron chi connectivity index (χ3n) is 9.56. The summed E-state index contributed by atoms with van der Waals surface area (Å²) in [4.78, 5) is 15.9. The zero-order valence-electron chi connectivity index (χ0n) is 27.0. The van der Waals surface area contributed by atoms with E-state index < -0.39 is 0 Å². The van der Waals surface area contributed by atoms with E-state index in [1.54, 1.807) is 0 Å². The molecule has 0 aliphatic heterocycles. The largest absolute Gasteiger partial charge is 0.316 e. The number of aromatic nitrogens is 5. The Morgan fingerprint density at radius 1 is 0.440 bits per heavy atom. The fourth-order valence-corrected chi connectivity index (χ4v) is 7.27. The minimum Gasteiger partial charge on any atom is -0.316 e. The molecule has 5 heteroatoms. The summed E-state index contributed by atoms with van der Waals surface area (Å²) in [6.45, 7) is 0. The Bertz CT molecular complexity index is 2800. The highest BCUT2D eigenvalue weighted by molar-refractivity contribution is 6.20. The summed E-state index contributed by atoms with van der Waals surface area (Å²) in [6.07, 6.45) is 2.16. The van der Waals surface area contributed by atoms with Crippen LogP contribution in [0, 0.1) is 0 Å². The Morgan fingerprint density at radius 2 is 1.10 bits per heavy atom. The van der Waals surface area contributed by atoms with E-state index in [0.717, 1.165) is 72.3 Å². The van der Waals surface area contributed by atoms with Gasteiger partial charge in [-0.15, -0.1) is 0 Å². The summed E-state index contributed by atoms with van der Waals surface area (Å²) in [5.74, 6) is 0.607. The molecule has 6 aromatic carbocycles. The maximum Gasteiger partial charge on any atom is 0.235 e. The van der Waals surface area contributed by atoms with Crippen molar-refractivity contribution in [3.05, 3.63) is 176 Å². The van der Waals surface area contributed by atoms with Crippen molar-refractivity contribution in [1.82, 2.24) is 24.1 Å². The molecule has 0 bridgehead atoms. The highest BCUT2D eigenvalue weighted by Crippen LogP contribution is 2.39. The molecule has 5 nitrogen and oxygen atoms in total. The standard InChI is InChI=1S/C45H29N5/c1-4-14-30(15-5-1)33-28-38(31-16-6-2-7-17-31)46-39(29-33)43-35-20-10-12-22-37(35)47-45(48-43)50-40-23-13-11-21-36(40)42-41(50)25-24-32-26-27-49(44(32)42)34-18-8-3-9-19-34/h1-29H. The van der Waals surface area contributed by atoms with Crippen molar-refractivity contribution in [3.8, 4) is 45.4 Å². The molecule has 0 radical (unpaired) electrons. The molecular weight excluding hydrogens is 611 g/mol. The molecule has 0 N–H and O–H groups in total. The Morgan fingerprint density at radius 3 is 1.90 bits per heavy atom. The lowest BCUT2D eigenvalue weighted by Gasteiger charge is -2.14. The number of hydrogen-bond donors (Lipinski definition) is 0.